The number of piperazine rings is 1. The number of nitrogens with one attached hydrogen (secondary N) is 1. The van der Waals surface area contributed by atoms with Crippen LogP contribution in [0, 0.1) is 0 Å². The Labute approximate surface area is 125 Å². The zero-order valence-corrected chi connectivity index (χ0v) is 11.7. The molecule has 0 aromatic carbocycles. The number of H-pyrrole nitrogens is 1. The van der Waals surface area contributed by atoms with Gasteiger partial charge in [0.15, 0.2) is 5.76 Å². The first kappa shape index (κ1) is 14.1. The predicted molar refractivity (Wildman–Crippen MR) is 75.4 cm³/mol. The number of hydrogen-bond donors (Lipinski definition) is 1. The molecule has 1 aliphatic rings. The summed E-state index contributed by atoms with van der Waals surface area (Å²) < 4.78 is 5.09. The van der Waals surface area contributed by atoms with Gasteiger partial charge in [0.1, 0.15) is 5.69 Å². The van der Waals surface area contributed by atoms with E-state index in [2.05, 4.69) is 9.97 Å². The van der Waals surface area contributed by atoms with Crippen molar-refractivity contribution >= 4 is 11.8 Å². The quantitative estimate of drug-likeness (QED) is 0.839. The summed E-state index contributed by atoms with van der Waals surface area (Å²) in [6.07, 6.45) is 3.82. The molecular weight excluding hydrogens is 288 g/mol. The molecule has 1 saturated heterocycles. The predicted octanol–water partition coefficient (Wildman–Crippen LogP) is -0.0389. The average molecular weight is 302 g/mol. The van der Waals surface area contributed by atoms with Gasteiger partial charge in [-0.1, -0.05) is 0 Å². The third kappa shape index (κ3) is 2.76. The van der Waals surface area contributed by atoms with Gasteiger partial charge in [-0.15, -0.1) is 0 Å². The first-order chi connectivity index (χ1) is 10.6. The molecular formula is C14H14N4O4. The molecule has 22 heavy (non-hydrogen) atoms. The van der Waals surface area contributed by atoms with Crippen LogP contribution in [0.1, 0.15) is 21.0 Å². The van der Waals surface area contributed by atoms with Crippen LogP contribution >= 0.6 is 0 Å². The van der Waals surface area contributed by atoms with E-state index in [1.807, 2.05) is 0 Å². The van der Waals surface area contributed by atoms with Crippen LogP contribution < -0.4 is 5.56 Å². The Morgan fingerprint density at radius 2 is 1.82 bits per heavy atom. The normalized spacial score (nSPS) is 14.9. The van der Waals surface area contributed by atoms with Crippen LogP contribution in [0.2, 0.25) is 0 Å². The lowest BCUT2D eigenvalue weighted by Crippen LogP contribution is -2.50. The van der Waals surface area contributed by atoms with Gasteiger partial charge in [-0.2, -0.15) is 0 Å². The van der Waals surface area contributed by atoms with E-state index in [0.29, 0.717) is 31.9 Å². The third-order valence-corrected chi connectivity index (χ3v) is 3.48. The van der Waals surface area contributed by atoms with E-state index < -0.39 is 0 Å². The molecule has 3 heterocycles. The van der Waals surface area contributed by atoms with Crippen molar-refractivity contribution in [2.24, 2.45) is 0 Å². The zero-order chi connectivity index (χ0) is 15.5. The topological polar surface area (TPSA) is 99.5 Å². The molecule has 0 bridgehead atoms. The van der Waals surface area contributed by atoms with Gasteiger partial charge in [-0.25, -0.2) is 4.98 Å². The lowest BCUT2D eigenvalue weighted by Gasteiger charge is -2.34. The van der Waals surface area contributed by atoms with Crippen LogP contribution in [0.15, 0.2) is 40.0 Å². The first-order valence-corrected chi connectivity index (χ1v) is 6.82. The molecule has 8 nitrogen and oxygen atoms in total. The number of nitrogens with zero attached hydrogens (tertiary/aromatic N) is 3. The van der Waals surface area contributed by atoms with Crippen LogP contribution in [0.3, 0.4) is 0 Å². The number of hydrogen-bond acceptors (Lipinski definition) is 5. The molecule has 1 N–H and O–H groups in total. The summed E-state index contributed by atoms with van der Waals surface area (Å²) in [5, 5.41) is 0. The molecule has 0 unspecified atom stereocenters. The lowest BCUT2D eigenvalue weighted by molar-refractivity contribution is 0.0515. The summed E-state index contributed by atoms with van der Waals surface area (Å²) in [5.74, 6) is -0.150. The summed E-state index contributed by atoms with van der Waals surface area (Å²) in [6, 6.07) is 3.28. The Bertz CT molecular complexity index is 709. The van der Waals surface area contributed by atoms with E-state index in [4.69, 9.17) is 4.42 Å². The molecule has 1 aliphatic heterocycles. The number of carbonyl (C=O) groups is 2. The molecule has 2 aromatic heterocycles. The third-order valence-electron chi connectivity index (χ3n) is 3.48. The summed E-state index contributed by atoms with van der Waals surface area (Å²) >= 11 is 0. The Hall–Kier alpha value is -2.90. The Balaban J connectivity index is 1.62. The van der Waals surface area contributed by atoms with Gasteiger partial charge in [0.05, 0.1) is 12.5 Å². The van der Waals surface area contributed by atoms with E-state index in [0.717, 1.165) is 6.20 Å². The summed E-state index contributed by atoms with van der Waals surface area (Å²) in [5.41, 5.74) is -0.171. The number of rotatable bonds is 2. The van der Waals surface area contributed by atoms with Crippen LogP contribution in [-0.4, -0.2) is 57.8 Å². The Kier molecular flexibility index (Phi) is 3.73. The number of carbonyl (C=O) groups excluding carboxylic acids is 2. The van der Waals surface area contributed by atoms with Gasteiger partial charge < -0.3 is 19.2 Å². The molecule has 3 rings (SSSR count). The summed E-state index contributed by atoms with van der Waals surface area (Å²) in [6.45, 7) is 1.67. The fraction of sp³-hybridized carbons (Fsp3) is 0.286. The maximum absolute atomic E-state index is 12.2. The first-order valence-electron chi connectivity index (χ1n) is 6.82. The summed E-state index contributed by atoms with van der Waals surface area (Å²) in [4.78, 5) is 44.8. The molecule has 0 aliphatic carbocycles. The molecule has 0 radical (unpaired) electrons. The minimum Gasteiger partial charge on any atom is -0.459 e. The van der Waals surface area contributed by atoms with Crippen LogP contribution in [0.4, 0.5) is 0 Å². The zero-order valence-electron chi connectivity index (χ0n) is 11.7. The highest BCUT2D eigenvalue weighted by molar-refractivity contribution is 5.93. The highest BCUT2D eigenvalue weighted by Crippen LogP contribution is 2.10. The fourth-order valence-electron chi connectivity index (χ4n) is 2.29. The van der Waals surface area contributed by atoms with Crippen molar-refractivity contribution in [3.05, 3.63) is 52.6 Å². The minimum atomic E-state index is -0.356. The van der Waals surface area contributed by atoms with Crippen molar-refractivity contribution in [1.82, 2.24) is 19.8 Å². The van der Waals surface area contributed by atoms with Crippen molar-refractivity contribution in [2.75, 3.05) is 26.2 Å². The maximum atomic E-state index is 12.2. The SMILES string of the molecule is O=C(c1c[nH]c(=O)cn1)N1CCN(C(=O)c2ccco2)CC1. The number of aromatic nitrogens is 2. The Morgan fingerprint density at radius 1 is 1.14 bits per heavy atom. The largest absolute Gasteiger partial charge is 0.459 e. The number of furan rings is 1. The second-order valence-electron chi connectivity index (χ2n) is 4.86. The second kappa shape index (κ2) is 5.84. The molecule has 0 atom stereocenters. The van der Waals surface area contributed by atoms with E-state index in [-0.39, 0.29) is 23.1 Å². The van der Waals surface area contributed by atoms with E-state index >= 15 is 0 Å². The van der Waals surface area contributed by atoms with E-state index in [1.165, 1.54) is 12.5 Å². The van der Waals surface area contributed by atoms with E-state index in [9.17, 15) is 14.4 Å². The van der Waals surface area contributed by atoms with Crippen LogP contribution in [0.25, 0.3) is 0 Å². The van der Waals surface area contributed by atoms with Crippen molar-refractivity contribution < 1.29 is 14.0 Å². The minimum absolute atomic E-state index is 0.181. The highest BCUT2D eigenvalue weighted by atomic mass is 16.3. The van der Waals surface area contributed by atoms with Gasteiger partial charge >= 0.3 is 0 Å². The monoisotopic (exact) mass is 302 g/mol. The smallest absolute Gasteiger partial charge is 0.289 e. The second-order valence-corrected chi connectivity index (χ2v) is 4.86. The molecule has 114 valence electrons. The van der Waals surface area contributed by atoms with Crippen molar-refractivity contribution in [2.45, 2.75) is 0 Å². The van der Waals surface area contributed by atoms with Gasteiger partial charge in [-0.3, -0.25) is 14.4 Å². The lowest BCUT2D eigenvalue weighted by atomic mass is 10.2. The fourth-order valence-corrected chi connectivity index (χ4v) is 2.29. The van der Waals surface area contributed by atoms with Gasteiger partial charge in [0, 0.05) is 32.4 Å². The standard InChI is InChI=1S/C14H14N4O4/c19-12-9-15-10(8-16-12)13(20)17-3-5-18(6-4-17)14(21)11-2-1-7-22-11/h1-2,7-9H,3-6H2,(H,16,19). The van der Waals surface area contributed by atoms with Gasteiger partial charge in [-0.05, 0) is 12.1 Å². The molecule has 8 heteroatoms. The molecule has 2 amide bonds. The molecule has 2 aromatic rings. The van der Waals surface area contributed by atoms with Crippen LogP contribution in [-0.2, 0) is 0 Å². The van der Waals surface area contributed by atoms with Crippen LogP contribution in [0.5, 0.6) is 0 Å². The Morgan fingerprint density at radius 3 is 2.36 bits per heavy atom. The maximum Gasteiger partial charge on any atom is 0.289 e. The average Bonchev–Trinajstić information content (AvgIpc) is 3.09. The van der Waals surface area contributed by atoms with Crippen molar-refractivity contribution in [3.63, 3.8) is 0 Å². The molecule has 0 spiro atoms. The van der Waals surface area contributed by atoms with Crippen molar-refractivity contribution in [3.8, 4) is 0 Å². The van der Waals surface area contributed by atoms with E-state index in [1.54, 1.807) is 21.9 Å². The van der Waals surface area contributed by atoms with Crippen molar-refractivity contribution in [1.29, 1.82) is 0 Å². The number of aromatic amines is 1. The van der Waals surface area contributed by atoms with Gasteiger partial charge in [0.25, 0.3) is 17.4 Å². The highest BCUT2D eigenvalue weighted by Gasteiger charge is 2.27. The summed E-state index contributed by atoms with van der Waals surface area (Å²) in [7, 11) is 0. The molecule has 0 saturated carbocycles. The van der Waals surface area contributed by atoms with Gasteiger partial charge in [0.2, 0.25) is 0 Å². The number of amides is 2. The molecule has 1 fully saturated rings.